The Hall–Kier alpha value is -2.30. The molecule has 5 heteroatoms. The minimum Gasteiger partial charge on any atom is -0.444 e. The number of benzene rings is 1. The van der Waals surface area contributed by atoms with E-state index in [4.69, 9.17) is 4.42 Å². The summed E-state index contributed by atoms with van der Waals surface area (Å²) in [6.07, 6.45) is 0.714. The topological polar surface area (TPSA) is 67.2 Å². The van der Waals surface area contributed by atoms with Gasteiger partial charge in [0.05, 0.1) is 12.2 Å². The van der Waals surface area contributed by atoms with Crippen molar-refractivity contribution >= 4 is 11.6 Å². The molecule has 1 amide bonds. The van der Waals surface area contributed by atoms with Gasteiger partial charge in [0.25, 0.3) is 0 Å². The molecule has 2 heterocycles. The second-order valence-corrected chi connectivity index (χ2v) is 5.03. The molecule has 2 aromatic rings. The molecule has 5 nitrogen and oxygen atoms in total. The van der Waals surface area contributed by atoms with Crippen LogP contribution in [0.2, 0.25) is 0 Å². The summed E-state index contributed by atoms with van der Waals surface area (Å²) in [5, 5.41) is 6.08. The molecule has 0 aliphatic carbocycles. The van der Waals surface area contributed by atoms with Crippen LogP contribution in [0, 0.1) is 13.8 Å². The van der Waals surface area contributed by atoms with Gasteiger partial charge in [-0.15, -0.1) is 0 Å². The summed E-state index contributed by atoms with van der Waals surface area (Å²) >= 11 is 0. The lowest BCUT2D eigenvalue weighted by atomic mass is 10.1. The van der Waals surface area contributed by atoms with E-state index in [-0.39, 0.29) is 11.9 Å². The molecule has 1 aromatic heterocycles. The monoisotopic (exact) mass is 271 g/mol. The molecule has 20 heavy (non-hydrogen) atoms. The second kappa shape index (κ2) is 5.00. The number of carbonyl (C=O) groups is 1. The third-order valence-corrected chi connectivity index (χ3v) is 3.57. The second-order valence-electron chi connectivity index (χ2n) is 5.03. The van der Waals surface area contributed by atoms with E-state index >= 15 is 0 Å². The van der Waals surface area contributed by atoms with Gasteiger partial charge in [-0.25, -0.2) is 4.98 Å². The summed E-state index contributed by atoms with van der Waals surface area (Å²) in [5.41, 5.74) is 3.08. The van der Waals surface area contributed by atoms with E-state index in [2.05, 4.69) is 15.6 Å². The van der Waals surface area contributed by atoms with E-state index in [1.807, 2.05) is 38.1 Å². The zero-order chi connectivity index (χ0) is 14.1. The summed E-state index contributed by atoms with van der Waals surface area (Å²) in [6.45, 7) is 4.07. The van der Waals surface area contributed by atoms with Crippen LogP contribution in [0.5, 0.6) is 0 Å². The quantitative estimate of drug-likeness (QED) is 0.895. The van der Waals surface area contributed by atoms with Crippen molar-refractivity contribution in [2.24, 2.45) is 0 Å². The first-order chi connectivity index (χ1) is 9.63. The molecule has 104 valence electrons. The van der Waals surface area contributed by atoms with Crippen LogP contribution >= 0.6 is 0 Å². The first-order valence-electron chi connectivity index (χ1n) is 6.68. The van der Waals surface area contributed by atoms with Crippen LogP contribution in [0.15, 0.2) is 28.7 Å². The maximum atomic E-state index is 12.1. The molecule has 0 radical (unpaired) electrons. The van der Waals surface area contributed by atoms with Crippen LogP contribution in [0.25, 0.3) is 0 Å². The highest BCUT2D eigenvalue weighted by molar-refractivity contribution is 5.87. The minimum absolute atomic E-state index is 0.0327. The smallest absolute Gasteiger partial charge is 0.243 e. The van der Waals surface area contributed by atoms with Gasteiger partial charge in [0.2, 0.25) is 11.8 Å². The highest BCUT2D eigenvalue weighted by Crippen LogP contribution is 2.25. The predicted molar refractivity (Wildman–Crippen MR) is 75.4 cm³/mol. The number of aromatic nitrogens is 1. The fraction of sp³-hybridized carbons (Fsp3) is 0.333. The van der Waals surface area contributed by atoms with Crippen LogP contribution in [-0.4, -0.2) is 16.9 Å². The van der Waals surface area contributed by atoms with E-state index in [1.165, 1.54) is 5.56 Å². The molecule has 1 aliphatic rings. The van der Waals surface area contributed by atoms with Crippen LogP contribution in [0.1, 0.15) is 22.9 Å². The third kappa shape index (κ3) is 2.39. The molecule has 0 saturated heterocycles. The first-order valence-corrected chi connectivity index (χ1v) is 6.68. The Balaban J connectivity index is 1.59. The summed E-state index contributed by atoms with van der Waals surface area (Å²) in [4.78, 5) is 16.4. The molecule has 1 aliphatic heterocycles. The van der Waals surface area contributed by atoms with Crippen LogP contribution < -0.4 is 10.6 Å². The molecular formula is C15H17N3O2. The minimum atomic E-state index is -0.218. The SMILES string of the molecule is Cc1nc(CNC(=O)C2Cc3ccccc3N2)oc1C. The molecule has 1 unspecified atom stereocenters. The lowest BCUT2D eigenvalue weighted by Crippen LogP contribution is -2.38. The molecule has 2 N–H and O–H groups in total. The van der Waals surface area contributed by atoms with E-state index < -0.39 is 0 Å². The maximum absolute atomic E-state index is 12.1. The zero-order valence-corrected chi connectivity index (χ0v) is 11.6. The lowest BCUT2D eigenvalue weighted by molar-refractivity contribution is -0.122. The molecular weight excluding hydrogens is 254 g/mol. The average molecular weight is 271 g/mol. The average Bonchev–Trinajstić information content (AvgIpc) is 3.00. The van der Waals surface area contributed by atoms with Crippen molar-refractivity contribution in [3.63, 3.8) is 0 Å². The summed E-state index contributed by atoms with van der Waals surface area (Å²) in [5.74, 6) is 1.30. The number of rotatable bonds is 3. The number of aryl methyl sites for hydroxylation is 2. The highest BCUT2D eigenvalue weighted by Gasteiger charge is 2.26. The Morgan fingerprint density at radius 2 is 2.25 bits per heavy atom. The number of para-hydroxylation sites is 1. The molecule has 0 fully saturated rings. The lowest BCUT2D eigenvalue weighted by Gasteiger charge is -2.10. The van der Waals surface area contributed by atoms with Gasteiger partial charge in [-0.2, -0.15) is 0 Å². The standard InChI is InChI=1S/C15H17N3O2/c1-9-10(2)20-14(17-9)8-16-15(19)13-7-11-5-3-4-6-12(11)18-13/h3-6,13,18H,7-8H2,1-2H3,(H,16,19). The van der Waals surface area contributed by atoms with Gasteiger partial charge in [-0.1, -0.05) is 18.2 Å². The van der Waals surface area contributed by atoms with Gasteiger partial charge >= 0.3 is 0 Å². The van der Waals surface area contributed by atoms with Crippen LogP contribution in [-0.2, 0) is 17.8 Å². The van der Waals surface area contributed by atoms with E-state index in [0.29, 0.717) is 18.9 Å². The van der Waals surface area contributed by atoms with Gasteiger partial charge in [0.15, 0.2) is 0 Å². The highest BCUT2D eigenvalue weighted by atomic mass is 16.4. The van der Waals surface area contributed by atoms with Crippen molar-refractivity contribution < 1.29 is 9.21 Å². The van der Waals surface area contributed by atoms with E-state index in [9.17, 15) is 4.79 Å². The van der Waals surface area contributed by atoms with Crippen molar-refractivity contribution in [2.45, 2.75) is 32.9 Å². The number of hydrogen-bond acceptors (Lipinski definition) is 4. The number of nitrogens with zero attached hydrogens (tertiary/aromatic N) is 1. The van der Waals surface area contributed by atoms with Crippen LogP contribution in [0.4, 0.5) is 5.69 Å². The Morgan fingerprint density at radius 1 is 1.45 bits per heavy atom. The largest absolute Gasteiger partial charge is 0.444 e. The van der Waals surface area contributed by atoms with Gasteiger partial charge in [0, 0.05) is 12.1 Å². The fourth-order valence-electron chi connectivity index (χ4n) is 2.36. The molecule has 0 saturated carbocycles. The van der Waals surface area contributed by atoms with Crippen molar-refractivity contribution in [3.8, 4) is 0 Å². The van der Waals surface area contributed by atoms with Crippen molar-refractivity contribution in [3.05, 3.63) is 47.2 Å². The van der Waals surface area contributed by atoms with E-state index in [1.54, 1.807) is 0 Å². The Bertz CT molecular complexity index is 604. The number of carbonyl (C=O) groups excluding carboxylic acids is 1. The predicted octanol–water partition coefficient (Wildman–Crippen LogP) is 1.94. The molecule has 1 aromatic carbocycles. The fourth-order valence-corrected chi connectivity index (χ4v) is 2.36. The molecule has 3 rings (SSSR count). The summed E-state index contributed by atoms with van der Waals surface area (Å²) in [6, 6.07) is 7.76. The number of fused-ring (bicyclic) bond motifs is 1. The first kappa shape index (κ1) is 12.7. The Kier molecular flexibility index (Phi) is 3.18. The molecule has 0 spiro atoms. The van der Waals surface area contributed by atoms with Crippen molar-refractivity contribution in [1.29, 1.82) is 0 Å². The van der Waals surface area contributed by atoms with Crippen molar-refractivity contribution in [2.75, 3.05) is 5.32 Å². The zero-order valence-electron chi connectivity index (χ0n) is 11.6. The molecule has 1 atom stereocenters. The molecule has 0 bridgehead atoms. The Labute approximate surface area is 117 Å². The number of anilines is 1. The number of amides is 1. The summed E-state index contributed by atoms with van der Waals surface area (Å²) in [7, 11) is 0. The number of oxazole rings is 1. The van der Waals surface area contributed by atoms with Gasteiger partial charge in [-0.05, 0) is 25.5 Å². The van der Waals surface area contributed by atoms with Crippen molar-refractivity contribution in [1.82, 2.24) is 10.3 Å². The van der Waals surface area contributed by atoms with Crippen LogP contribution in [0.3, 0.4) is 0 Å². The maximum Gasteiger partial charge on any atom is 0.243 e. The number of nitrogens with one attached hydrogen (secondary N) is 2. The normalized spacial score (nSPS) is 16.6. The van der Waals surface area contributed by atoms with Gasteiger partial charge < -0.3 is 15.1 Å². The van der Waals surface area contributed by atoms with E-state index in [0.717, 1.165) is 17.1 Å². The Morgan fingerprint density at radius 3 is 2.95 bits per heavy atom. The van der Waals surface area contributed by atoms with Gasteiger partial charge in [-0.3, -0.25) is 4.79 Å². The third-order valence-electron chi connectivity index (χ3n) is 3.57. The van der Waals surface area contributed by atoms with Gasteiger partial charge in [0.1, 0.15) is 11.8 Å². The number of hydrogen-bond donors (Lipinski definition) is 2. The summed E-state index contributed by atoms with van der Waals surface area (Å²) < 4.78 is 5.44.